The number of fused-ring (bicyclic) bond motifs is 2. The van der Waals surface area contributed by atoms with Gasteiger partial charge in [-0.1, -0.05) is 36.4 Å². The van der Waals surface area contributed by atoms with Crippen LogP contribution in [0, 0.1) is 11.8 Å². The fraction of sp³-hybridized carbons (Fsp3) is 0.386. The highest BCUT2D eigenvalue weighted by atomic mass is 16.7. The Balaban J connectivity index is 0.623. The van der Waals surface area contributed by atoms with Gasteiger partial charge in [-0.2, -0.15) is 10.0 Å². The number of nitrogens with one attached hydrogen (secondary N) is 2. The SMILES string of the molecule is CCOc1cc(N2CCC(C(=O)N3CCC(CON4CCC(Oc5ccc(-c6ccc(NC(=O)c7ccc(OC)c(-c8cccc(OC)c8)c7)cc6)c(OCCCN(C)C)c5)CC4)CC3)CC2)ccc1Nc1ncc2c(n1)N(C)c1ccccc1C(=O)N2C. The van der Waals surface area contributed by atoms with Crippen LogP contribution in [-0.4, -0.2) is 157 Å². The van der Waals surface area contributed by atoms with Gasteiger partial charge in [-0.15, -0.1) is 0 Å². The van der Waals surface area contributed by atoms with E-state index < -0.39 is 0 Å². The van der Waals surface area contributed by atoms with Crippen molar-refractivity contribution in [2.75, 3.05) is 133 Å². The number of methoxy groups -OCH3 is 2. The molecular formula is C70H82N10O9. The molecular weight excluding hydrogens is 1120 g/mol. The van der Waals surface area contributed by atoms with Gasteiger partial charge in [0.1, 0.15) is 40.5 Å². The van der Waals surface area contributed by atoms with E-state index in [4.69, 9.17) is 33.5 Å². The predicted molar refractivity (Wildman–Crippen MR) is 349 cm³/mol. The molecule has 19 nitrogen and oxygen atoms in total. The van der Waals surface area contributed by atoms with E-state index in [0.717, 1.165) is 142 Å². The van der Waals surface area contributed by atoms with Crippen LogP contribution in [-0.2, 0) is 9.63 Å². The van der Waals surface area contributed by atoms with Crippen LogP contribution in [0.1, 0.15) is 72.6 Å². The minimum absolute atomic E-state index is 0.000983. The highest BCUT2D eigenvalue weighted by Crippen LogP contribution is 2.41. The topological polar surface area (TPSA) is 176 Å². The summed E-state index contributed by atoms with van der Waals surface area (Å²) >= 11 is 0. The number of carbonyl (C=O) groups is 3. The Hall–Kier alpha value is -8.91. The van der Waals surface area contributed by atoms with E-state index in [2.05, 4.69) is 67.7 Å². The van der Waals surface area contributed by atoms with Gasteiger partial charge in [0.25, 0.3) is 11.8 Å². The third kappa shape index (κ3) is 14.7. The standard InChI is InChI=1S/C70H82N10O9/c1-8-86-65-43-53(22-25-60(65)73-70-71-45-62-66(74-70)76(4)61-16-10-9-15-58(61)69(83)77(62)5)78-36-29-49(30-37-78)68(82)79-34-27-47(28-35-79)46-88-80-38-31-54(32-39-80)89-56-23-24-57(64(44-56)87-40-12-33-75(2)3)48-17-20-52(21-18-48)72-67(81)51-19-26-63(85-7)59(42-51)50-13-11-14-55(41-50)84-6/h9-11,13-26,41-45,47,49,54H,8,12,27-40,46H2,1-7H3,(H,72,81)(H,71,73,74). The second-order valence-corrected chi connectivity index (χ2v) is 23.5. The number of piperidine rings is 3. The Bertz CT molecular complexity index is 3600. The normalized spacial score (nSPS) is 15.9. The van der Waals surface area contributed by atoms with E-state index in [0.29, 0.717) is 77.3 Å². The molecule has 4 aliphatic rings. The molecule has 0 aliphatic carbocycles. The molecule has 3 fully saturated rings. The lowest BCUT2D eigenvalue weighted by atomic mass is 9.92. The van der Waals surface area contributed by atoms with E-state index in [1.807, 2.05) is 122 Å². The molecule has 0 bridgehead atoms. The molecule has 89 heavy (non-hydrogen) atoms. The van der Waals surface area contributed by atoms with Crippen LogP contribution in [0.15, 0.2) is 134 Å². The quantitative estimate of drug-likeness (QED) is 0.0613. The van der Waals surface area contributed by atoms with E-state index in [1.165, 1.54) is 0 Å². The van der Waals surface area contributed by atoms with Crippen LogP contribution in [0.4, 0.5) is 40.2 Å². The van der Waals surface area contributed by atoms with Gasteiger partial charge in [-0.05, 0) is 162 Å². The van der Waals surface area contributed by atoms with E-state index in [9.17, 15) is 14.4 Å². The number of hydrogen-bond acceptors (Lipinski definition) is 16. The van der Waals surface area contributed by atoms with Crippen molar-refractivity contribution in [2.24, 2.45) is 11.8 Å². The molecule has 0 radical (unpaired) electrons. The third-order valence-electron chi connectivity index (χ3n) is 17.3. The first-order valence-corrected chi connectivity index (χ1v) is 31.1. The number of benzene rings is 6. The number of nitrogens with zero attached hydrogens (tertiary/aromatic N) is 8. The fourth-order valence-corrected chi connectivity index (χ4v) is 12.2. The monoisotopic (exact) mass is 1210 g/mol. The molecule has 1 aromatic heterocycles. The van der Waals surface area contributed by atoms with Crippen LogP contribution in [0.3, 0.4) is 0 Å². The van der Waals surface area contributed by atoms with Crippen molar-refractivity contribution >= 4 is 57.9 Å². The summed E-state index contributed by atoms with van der Waals surface area (Å²) in [4.78, 5) is 66.8. The fourth-order valence-electron chi connectivity index (χ4n) is 12.2. The van der Waals surface area contributed by atoms with E-state index in [1.54, 1.807) is 38.4 Å². The Morgan fingerprint density at radius 3 is 2.21 bits per heavy atom. The average molecular weight is 1210 g/mol. The smallest absolute Gasteiger partial charge is 0.260 e. The van der Waals surface area contributed by atoms with Gasteiger partial charge < -0.3 is 58.8 Å². The summed E-state index contributed by atoms with van der Waals surface area (Å²) < 4.78 is 30.3. The Morgan fingerprint density at radius 2 is 1.46 bits per heavy atom. The number of aromatic nitrogens is 2. The maximum atomic E-state index is 13.9. The third-order valence-corrected chi connectivity index (χ3v) is 17.3. The van der Waals surface area contributed by atoms with Crippen molar-refractivity contribution in [1.82, 2.24) is 24.8 Å². The van der Waals surface area contributed by atoms with Crippen molar-refractivity contribution in [2.45, 2.75) is 58.0 Å². The first-order chi connectivity index (χ1) is 43.3. The highest BCUT2D eigenvalue weighted by molar-refractivity contribution is 6.13. The minimum Gasteiger partial charge on any atom is -0.497 e. The highest BCUT2D eigenvalue weighted by Gasteiger charge is 2.33. The summed E-state index contributed by atoms with van der Waals surface area (Å²) in [6.07, 6.45) is 7.68. The molecule has 6 aromatic carbocycles. The van der Waals surface area contributed by atoms with Crippen LogP contribution in [0.25, 0.3) is 22.3 Å². The lowest BCUT2D eigenvalue weighted by molar-refractivity contribution is -0.189. The summed E-state index contributed by atoms with van der Waals surface area (Å²) in [6.45, 7) is 9.14. The van der Waals surface area contributed by atoms with Crippen LogP contribution >= 0.6 is 0 Å². The molecule has 0 unspecified atom stereocenters. The number of amides is 3. The second-order valence-electron chi connectivity index (χ2n) is 23.5. The van der Waals surface area contributed by atoms with Gasteiger partial charge in [0.05, 0.1) is 57.2 Å². The zero-order valence-electron chi connectivity index (χ0n) is 52.2. The Kier molecular flexibility index (Phi) is 19.8. The van der Waals surface area contributed by atoms with Gasteiger partial charge in [-0.3, -0.25) is 19.2 Å². The van der Waals surface area contributed by atoms with Crippen molar-refractivity contribution in [3.8, 4) is 51.0 Å². The molecule has 4 aliphatic heterocycles. The maximum absolute atomic E-state index is 13.9. The maximum Gasteiger partial charge on any atom is 0.260 e. The van der Waals surface area contributed by atoms with Crippen LogP contribution < -0.4 is 49.0 Å². The molecule has 2 N–H and O–H groups in total. The Morgan fingerprint density at radius 1 is 0.674 bits per heavy atom. The number of anilines is 7. The molecule has 19 heteroatoms. The minimum atomic E-state index is -0.233. The molecule has 0 spiro atoms. The van der Waals surface area contributed by atoms with E-state index in [-0.39, 0.29) is 29.7 Å². The largest absolute Gasteiger partial charge is 0.497 e. The number of rotatable bonds is 22. The molecule has 3 saturated heterocycles. The molecule has 3 amide bonds. The second kappa shape index (κ2) is 28.5. The van der Waals surface area contributed by atoms with Gasteiger partial charge in [0.2, 0.25) is 11.9 Å². The number of hydrogen-bond donors (Lipinski definition) is 2. The number of likely N-dealkylation sites (tertiary alicyclic amines) is 1. The molecule has 11 rings (SSSR count). The number of ether oxygens (including phenoxy) is 5. The summed E-state index contributed by atoms with van der Waals surface area (Å²) in [6, 6.07) is 40.6. The van der Waals surface area contributed by atoms with Crippen molar-refractivity contribution in [1.29, 1.82) is 0 Å². The van der Waals surface area contributed by atoms with Crippen molar-refractivity contribution in [3.63, 3.8) is 0 Å². The molecule has 466 valence electrons. The van der Waals surface area contributed by atoms with Gasteiger partial charge in [-0.25, -0.2) is 4.98 Å². The number of carbonyl (C=O) groups excluding carboxylic acids is 3. The summed E-state index contributed by atoms with van der Waals surface area (Å²) in [5, 5.41) is 8.53. The predicted octanol–water partition coefficient (Wildman–Crippen LogP) is 11.8. The average Bonchev–Trinajstić information content (AvgIpc) is 3.23. The number of para-hydroxylation sites is 1. The molecule has 7 aromatic rings. The lowest BCUT2D eigenvalue weighted by Gasteiger charge is -2.38. The number of hydroxylamine groups is 2. The summed E-state index contributed by atoms with van der Waals surface area (Å²) in [5.74, 6) is 4.87. The molecule has 0 saturated carbocycles. The van der Waals surface area contributed by atoms with Crippen molar-refractivity contribution < 1.29 is 42.9 Å². The van der Waals surface area contributed by atoms with Gasteiger partial charge in [0.15, 0.2) is 5.82 Å². The van der Waals surface area contributed by atoms with Gasteiger partial charge >= 0.3 is 0 Å². The molecule has 5 heterocycles. The van der Waals surface area contributed by atoms with E-state index >= 15 is 0 Å². The van der Waals surface area contributed by atoms with Gasteiger partial charge in [0, 0.05) is 106 Å². The Labute approximate surface area is 522 Å². The lowest BCUT2D eigenvalue weighted by Crippen LogP contribution is -2.46. The van der Waals surface area contributed by atoms with Crippen molar-refractivity contribution in [3.05, 3.63) is 145 Å². The first-order valence-electron chi connectivity index (χ1n) is 31.1. The van der Waals surface area contributed by atoms with Crippen LogP contribution in [0.5, 0.6) is 28.7 Å². The zero-order chi connectivity index (χ0) is 62.0. The molecule has 0 atom stereocenters. The summed E-state index contributed by atoms with van der Waals surface area (Å²) in [7, 11) is 11.0. The van der Waals surface area contributed by atoms with Crippen LogP contribution in [0.2, 0.25) is 0 Å². The summed E-state index contributed by atoms with van der Waals surface area (Å²) in [5.41, 5.74) is 8.49. The zero-order valence-corrected chi connectivity index (χ0v) is 52.2. The first kappa shape index (κ1) is 61.7.